The van der Waals surface area contributed by atoms with Crippen LogP contribution in [-0.2, 0) is 6.18 Å². The van der Waals surface area contributed by atoms with Crippen molar-refractivity contribution in [1.29, 1.82) is 0 Å². The van der Waals surface area contributed by atoms with Crippen LogP contribution in [0.2, 0.25) is 0 Å². The second-order valence-electron chi connectivity index (χ2n) is 8.04. The second-order valence-corrected chi connectivity index (χ2v) is 8.04. The van der Waals surface area contributed by atoms with Crippen LogP contribution in [0, 0.1) is 0 Å². The van der Waals surface area contributed by atoms with E-state index in [2.05, 4.69) is 15.1 Å². The van der Waals surface area contributed by atoms with Crippen molar-refractivity contribution in [3.05, 3.63) is 59.7 Å². The smallest absolute Gasteiger partial charge is 0.371 e. The first-order chi connectivity index (χ1) is 14.4. The summed E-state index contributed by atoms with van der Waals surface area (Å²) in [5, 5.41) is 2.58. The van der Waals surface area contributed by atoms with Crippen molar-refractivity contribution in [1.82, 2.24) is 4.90 Å². The molecular formula is C23H26F3N3O. The summed E-state index contributed by atoms with van der Waals surface area (Å²) in [6.07, 6.45) is 0.371. The van der Waals surface area contributed by atoms with Crippen molar-refractivity contribution in [3.8, 4) is 0 Å². The molecule has 4 rings (SSSR count). The quantitative estimate of drug-likeness (QED) is 0.759. The highest BCUT2D eigenvalue weighted by atomic mass is 19.4. The summed E-state index contributed by atoms with van der Waals surface area (Å²) in [7, 11) is 0. The Morgan fingerprint density at radius 3 is 2.33 bits per heavy atom. The zero-order chi connectivity index (χ0) is 21.1. The van der Waals surface area contributed by atoms with Crippen LogP contribution in [0.15, 0.2) is 48.5 Å². The molecule has 0 aliphatic carbocycles. The number of carbonyl (C=O) groups is 1. The van der Waals surface area contributed by atoms with Crippen LogP contribution >= 0.6 is 0 Å². The van der Waals surface area contributed by atoms with Crippen LogP contribution in [0.5, 0.6) is 0 Å². The number of rotatable bonds is 4. The monoisotopic (exact) mass is 417 g/mol. The number of halogens is 3. The lowest BCUT2D eigenvalue weighted by Crippen LogP contribution is -2.43. The molecule has 0 atom stereocenters. The molecule has 0 aromatic heterocycles. The number of amides is 1. The van der Waals surface area contributed by atoms with Gasteiger partial charge in [0.25, 0.3) is 5.91 Å². The molecule has 2 fully saturated rings. The highest BCUT2D eigenvalue weighted by molar-refractivity contribution is 6.04. The maximum Gasteiger partial charge on any atom is 0.416 e. The van der Waals surface area contributed by atoms with Crippen LogP contribution < -0.4 is 10.2 Å². The third-order valence-electron chi connectivity index (χ3n) is 6.04. The Morgan fingerprint density at radius 2 is 1.63 bits per heavy atom. The molecule has 30 heavy (non-hydrogen) atoms. The maximum atomic E-state index is 12.9. The first-order valence-corrected chi connectivity index (χ1v) is 10.5. The molecule has 0 radical (unpaired) electrons. The summed E-state index contributed by atoms with van der Waals surface area (Å²) >= 11 is 0. The number of hydrogen-bond acceptors (Lipinski definition) is 3. The van der Waals surface area contributed by atoms with E-state index in [9.17, 15) is 18.0 Å². The Balaban J connectivity index is 1.40. The molecule has 0 bridgehead atoms. The van der Waals surface area contributed by atoms with Crippen molar-refractivity contribution >= 4 is 17.3 Å². The summed E-state index contributed by atoms with van der Waals surface area (Å²) in [6, 6.07) is 12.6. The Morgan fingerprint density at radius 1 is 0.933 bits per heavy atom. The molecule has 2 heterocycles. The third-order valence-corrected chi connectivity index (χ3v) is 6.04. The lowest BCUT2D eigenvalue weighted by Gasteiger charge is -2.37. The fourth-order valence-electron chi connectivity index (χ4n) is 4.42. The average molecular weight is 417 g/mol. The molecule has 1 N–H and O–H groups in total. The van der Waals surface area contributed by atoms with Gasteiger partial charge in [-0.1, -0.05) is 12.1 Å². The Labute approximate surface area is 174 Å². The molecule has 7 heteroatoms. The fourth-order valence-corrected chi connectivity index (χ4v) is 4.42. The summed E-state index contributed by atoms with van der Waals surface area (Å²) in [5.41, 5.74) is 0.764. The predicted octanol–water partition coefficient (Wildman–Crippen LogP) is 5.02. The summed E-state index contributed by atoms with van der Waals surface area (Å²) in [5.74, 6) is -0.414. The van der Waals surface area contributed by atoms with Crippen LogP contribution in [0.4, 0.5) is 24.5 Å². The first kappa shape index (κ1) is 20.7. The Bertz CT molecular complexity index is 885. The van der Waals surface area contributed by atoms with Gasteiger partial charge in [-0.05, 0) is 75.2 Å². The fraction of sp³-hybridized carbons (Fsp3) is 0.435. The number of nitrogens with one attached hydrogen (secondary N) is 1. The van der Waals surface area contributed by atoms with Gasteiger partial charge < -0.3 is 15.1 Å². The molecule has 1 amide bonds. The summed E-state index contributed by atoms with van der Waals surface area (Å²) in [4.78, 5) is 17.5. The standard InChI is InChI=1S/C23H26F3N3O/c24-23(25,26)18-6-4-7-19(16-18)27-22(30)17-5-3-8-21(15-17)29-13-9-20(10-14-29)28-11-1-2-12-28/h3-8,15-16,20H,1-2,9-14H2,(H,27,30). The first-order valence-electron chi connectivity index (χ1n) is 10.5. The highest BCUT2D eigenvalue weighted by Crippen LogP contribution is 2.31. The number of nitrogens with zero attached hydrogens (tertiary/aromatic N) is 2. The van der Waals surface area contributed by atoms with E-state index in [4.69, 9.17) is 0 Å². The number of hydrogen-bond donors (Lipinski definition) is 1. The average Bonchev–Trinajstić information content (AvgIpc) is 3.28. The summed E-state index contributed by atoms with van der Waals surface area (Å²) in [6.45, 7) is 4.30. The lowest BCUT2D eigenvalue weighted by atomic mass is 10.0. The van der Waals surface area contributed by atoms with Crippen molar-refractivity contribution in [2.24, 2.45) is 0 Å². The van der Waals surface area contributed by atoms with Gasteiger partial charge in [-0.25, -0.2) is 0 Å². The van der Waals surface area contributed by atoms with E-state index in [0.717, 1.165) is 43.8 Å². The van der Waals surface area contributed by atoms with Gasteiger partial charge in [-0.2, -0.15) is 13.2 Å². The third kappa shape index (κ3) is 4.78. The van der Waals surface area contributed by atoms with Crippen LogP contribution in [0.3, 0.4) is 0 Å². The van der Waals surface area contributed by atoms with E-state index in [1.807, 2.05) is 18.2 Å². The molecule has 2 saturated heterocycles. The number of piperidine rings is 1. The number of carbonyl (C=O) groups excluding carboxylic acids is 1. The van der Waals surface area contributed by atoms with E-state index in [1.54, 1.807) is 6.07 Å². The van der Waals surface area contributed by atoms with Gasteiger partial charge in [0.1, 0.15) is 0 Å². The van der Waals surface area contributed by atoms with E-state index < -0.39 is 17.6 Å². The van der Waals surface area contributed by atoms with Gasteiger partial charge in [0.2, 0.25) is 0 Å². The minimum atomic E-state index is -4.44. The van der Waals surface area contributed by atoms with E-state index in [1.165, 1.54) is 38.1 Å². The minimum absolute atomic E-state index is 0.131. The van der Waals surface area contributed by atoms with E-state index in [0.29, 0.717) is 11.6 Å². The number of likely N-dealkylation sites (tertiary alicyclic amines) is 1. The van der Waals surface area contributed by atoms with Gasteiger partial charge in [-0.15, -0.1) is 0 Å². The Hall–Kier alpha value is -2.54. The normalized spacial score (nSPS) is 18.6. The van der Waals surface area contributed by atoms with Crippen molar-refractivity contribution < 1.29 is 18.0 Å². The molecule has 160 valence electrons. The van der Waals surface area contributed by atoms with Crippen LogP contribution in [-0.4, -0.2) is 43.0 Å². The van der Waals surface area contributed by atoms with Gasteiger partial charge in [0.05, 0.1) is 5.56 Å². The van der Waals surface area contributed by atoms with Gasteiger partial charge in [0, 0.05) is 36.1 Å². The topological polar surface area (TPSA) is 35.6 Å². The largest absolute Gasteiger partial charge is 0.416 e. The molecule has 2 aromatic carbocycles. The Kier molecular flexibility index (Phi) is 5.99. The molecule has 2 aromatic rings. The molecule has 2 aliphatic rings. The number of alkyl halides is 3. The summed E-state index contributed by atoms with van der Waals surface area (Å²) < 4.78 is 38.7. The molecule has 0 unspecified atom stereocenters. The zero-order valence-corrected chi connectivity index (χ0v) is 16.8. The molecule has 0 spiro atoms. The van der Waals surface area contributed by atoms with Crippen molar-refractivity contribution in [2.75, 3.05) is 36.4 Å². The van der Waals surface area contributed by atoms with Gasteiger partial charge in [0.15, 0.2) is 0 Å². The zero-order valence-electron chi connectivity index (χ0n) is 16.8. The molecule has 4 nitrogen and oxygen atoms in total. The van der Waals surface area contributed by atoms with E-state index >= 15 is 0 Å². The van der Waals surface area contributed by atoms with Crippen LogP contribution in [0.1, 0.15) is 41.6 Å². The van der Waals surface area contributed by atoms with Gasteiger partial charge >= 0.3 is 6.18 Å². The maximum absolute atomic E-state index is 12.9. The second kappa shape index (κ2) is 8.68. The van der Waals surface area contributed by atoms with E-state index in [-0.39, 0.29) is 5.69 Å². The SMILES string of the molecule is O=C(Nc1cccc(C(F)(F)F)c1)c1cccc(N2CCC(N3CCCC3)CC2)c1. The molecule has 0 saturated carbocycles. The van der Waals surface area contributed by atoms with Crippen molar-refractivity contribution in [3.63, 3.8) is 0 Å². The molecular weight excluding hydrogens is 391 g/mol. The minimum Gasteiger partial charge on any atom is -0.371 e. The van der Waals surface area contributed by atoms with Gasteiger partial charge in [-0.3, -0.25) is 4.79 Å². The number of benzene rings is 2. The number of anilines is 2. The lowest BCUT2D eigenvalue weighted by molar-refractivity contribution is -0.137. The van der Waals surface area contributed by atoms with Crippen LogP contribution in [0.25, 0.3) is 0 Å². The molecule has 2 aliphatic heterocycles. The highest BCUT2D eigenvalue weighted by Gasteiger charge is 2.30. The van der Waals surface area contributed by atoms with Crippen molar-refractivity contribution in [2.45, 2.75) is 37.9 Å². The predicted molar refractivity (Wildman–Crippen MR) is 112 cm³/mol.